The summed E-state index contributed by atoms with van der Waals surface area (Å²) < 4.78 is 5.64. The van der Waals surface area contributed by atoms with Gasteiger partial charge in [0.15, 0.2) is 5.90 Å². The van der Waals surface area contributed by atoms with Gasteiger partial charge in [0.25, 0.3) is 0 Å². The molecule has 2 aliphatic rings. The number of benzene rings is 2. The van der Waals surface area contributed by atoms with Crippen LogP contribution in [0.15, 0.2) is 47.5 Å². The molecule has 18 heavy (non-hydrogen) atoms. The number of ether oxygens (including phenoxy) is 1. The van der Waals surface area contributed by atoms with Crippen LogP contribution in [-0.4, -0.2) is 19.0 Å². The van der Waals surface area contributed by atoms with Gasteiger partial charge in [0, 0.05) is 0 Å². The summed E-state index contributed by atoms with van der Waals surface area (Å²) in [6.45, 7) is 1.51. The fraction of sp³-hybridized carbons (Fsp3) is 0.188. The van der Waals surface area contributed by atoms with E-state index in [9.17, 15) is 0 Å². The second kappa shape index (κ2) is 3.70. The minimum atomic E-state index is 0.186. The Kier molecular flexibility index (Phi) is 2.04. The van der Waals surface area contributed by atoms with Crippen LogP contribution in [0.3, 0.4) is 0 Å². The summed E-state index contributed by atoms with van der Waals surface area (Å²) in [4.78, 5) is 4.46. The summed E-state index contributed by atoms with van der Waals surface area (Å²) in [6, 6.07) is 12.9. The van der Waals surface area contributed by atoms with Crippen LogP contribution in [0.4, 0.5) is 0 Å². The van der Waals surface area contributed by atoms with E-state index in [1.165, 1.54) is 21.9 Å². The molecule has 0 amide bonds. The second-order valence-corrected chi connectivity index (χ2v) is 4.70. The van der Waals surface area contributed by atoms with Crippen molar-refractivity contribution >= 4 is 22.7 Å². The highest BCUT2D eigenvalue weighted by Gasteiger charge is 2.24. The fourth-order valence-electron chi connectivity index (χ4n) is 2.86. The minimum Gasteiger partial charge on any atom is -0.478 e. The summed E-state index contributed by atoms with van der Waals surface area (Å²) in [5.74, 6) is 1.05. The Bertz CT molecular complexity index is 679. The van der Waals surface area contributed by atoms with Gasteiger partial charge in [-0.3, -0.25) is 4.99 Å². The Morgan fingerprint density at radius 3 is 2.83 bits per heavy atom. The van der Waals surface area contributed by atoms with Crippen LogP contribution in [-0.2, 0) is 4.74 Å². The Morgan fingerprint density at radius 2 is 2.00 bits per heavy atom. The van der Waals surface area contributed by atoms with Gasteiger partial charge in [-0.25, -0.2) is 0 Å². The molecule has 2 heteroatoms. The van der Waals surface area contributed by atoms with Crippen LogP contribution < -0.4 is 0 Å². The molecular formula is C16H13NO. The smallest absolute Gasteiger partial charge is 0.195 e. The molecule has 1 heterocycles. The van der Waals surface area contributed by atoms with Crippen LogP contribution >= 0.6 is 0 Å². The topological polar surface area (TPSA) is 21.6 Å². The van der Waals surface area contributed by atoms with Crippen molar-refractivity contribution in [3.05, 3.63) is 53.6 Å². The standard InChI is InChI=1S/C16H13NO/c1-3-11-5-2-6-13-14(16-17-9-10-18-16)8-7-12(4-1)15(11)13/h1-8,14H,9-10H2. The number of rotatable bonds is 1. The van der Waals surface area contributed by atoms with E-state index in [-0.39, 0.29) is 5.92 Å². The summed E-state index contributed by atoms with van der Waals surface area (Å²) in [7, 11) is 0. The SMILES string of the molecule is C1=CC(C2=NCCO2)c2cccc3cccc1c23. The van der Waals surface area contributed by atoms with E-state index in [0.717, 1.165) is 19.0 Å². The number of hydrogen-bond acceptors (Lipinski definition) is 2. The molecule has 88 valence electrons. The number of aliphatic imine (C=N–C) groups is 1. The molecule has 0 bridgehead atoms. The fourth-order valence-corrected chi connectivity index (χ4v) is 2.86. The summed E-state index contributed by atoms with van der Waals surface area (Å²) in [6.07, 6.45) is 4.38. The van der Waals surface area contributed by atoms with Crippen LogP contribution in [0.2, 0.25) is 0 Å². The summed E-state index contributed by atoms with van der Waals surface area (Å²) in [5.41, 5.74) is 2.60. The molecule has 1 aliphatic heterocycles. The highest BCUT2D eigenvalue weighted by molar-refractivity contribution is 6.01. The first-order chi connectivity index (χ1) is 8.93. The zero-order chi connectivity index (χ0) is 11.9. The lowest BCUT2D eigenvalue weighted by atomic mass is 9.86. The summed E-state index contributed by atoms with van der Waals surface area (Å²) >= 11 is 0. The van der Waals surface area contributed by atoms with Crippen LogP contribution in [0.25, 0.3) is 16.8 Å². The largest absolute Gasteiger partial charge is 0.478 e. The lowest BCUT2D eigenvalue weighted by Crippen LogP contribution is -2.13. The maximum absolute atomic E-state index is 5.64. The van der Waals surface area contributed by atoms with Crippen LogP contribution in [0.1, 0.15) is 17.0 Å². The van der Waals surface area contributed by atoms with Crippen molar-refractivity contribution in [2.75, 3.05) is 13.2 Å². The Balaban J connectivity index is 1.98. The molecule has 0 fully saturated rings. The van der Waals surface area contributed by atoms with Crippen molar-refractivity contribution in [3.8, 4) is 0 Å². The maximum atomic E-state index is 5.64. The van der Waals surface area contributed by atoms with Gasteiger partial charge in [-0.2, -0.15) is 0 Å². The van der Waals surface area contributed by atoms with Crippen molar-refractivity contribution in [1.82, 2.24) is 0 Å². The third-order valence-electron chi connectivity index (χ3n) is 3.65. The minimum absolute atomic E-state index is 0.186. The van der Waals surface area contributed by atoms with E-state index in [2.05, 4.69) is 53.5 Å². The molecule has 0 radical (unpaired) electrons. The normalized spacial score (nSPS) is 20.9. The lowest BCUT2D eigenvalue weighted by molar-refractivity contribution is 0.337. The Morgan fingerprint density at radius 1 is 1.11 bits per heavy atom. The van der Waals surface area contributed by atoms with Crippen molar-refractivity contribution in [1.29, 1.82) is 0 Å². The molecule has 2 aromatic carbocycles. The molecule has 2 nitrogen and oxygen atoms in total. The van der Waals surface area contributed by atoms with Gasteiger partial charge < -0.3 is 4.74 Å². The molecule has 4 rings (SSSR count). The zero-order valence-electron chi connectivity index (χ0n) is 9.97. The van der Waals surface area contributed by atoms with Gasteiger partial charge >= 0.3 is 0 Å². The van der Waals surface area contributed by atoms with Crippen LogP contribution in [0.5, 0.6) is 0 Å². The molecule has 0 spiro atoms. The molecule has 1 aliphatic carbocycles. The molecule has 1 atom stereocenters. The maximum Gasteiger partial charge on any atom is 0.195 e. The van der Waals surface area contributed by atoms with Crippen LogP contribution in [0, 0.1) is 0 Å². The lowest BCUT2D eigenvalue weighted by Gasteiger charge is -2.20. The van der Waals surface area contributed by atoms with Gasteiger partial charge in [0.05, 0.1) is 12.5 Å². The van der Waals surface area contributed by atoms with Gasteiger partial charge in [-0.05, 0) is 21.9 Å². The molecule has 0 aromatic heterocycles. The third-order valence-corrected chi connectivity index (χ3v) is 3.65. The van der Waals surface area contributed by atoms with E-state index in [4.69, 9.17) is 4.74 Å². The third kappa shape index (κ3) is 1.32. The van der Waals surface area contributed by atoms with E-state index in [1.807, 2.05) is 0 Å². The molecule has 1 unspecified atom stereocenters. The highest BCUT2D eigenvalue weighted by atomic mass is 16.5. The Labute approximate surface area is 106 Å². The molecular weight excluding hydrogens is 222 g/mol. The summed E-state index contributed by atoms with van der Waals surface area (Å²) in [5, 5.41) is 2.63. The van der Waals surface area contributed by atoms with Crippen molar-refractivity contribution in [3.63, 3.8) is 0 Å². The van der Waals surface area contributed by atoms with E-state index in [0.29, 0.717) is 0 Å². The quantitative estimate of drug-likeness (QED) is 0.742. The van der Waals surface area contributed by atoms with Crippen molar-refractivity contribution in [2.45, 2.75) is 5.92 Å². The molecule has 0 N–H and O–H groups in total. The van der Waals surface area contributed by atoms with Gasteiger partial charge in [-0.15, -0.1) is 0 Å². The first kappa shape index (κ1) is 9.89. The number of nitrogens with zero attached hydrogens (tertiary/aromatic N) is 1. The molecule has 0 saturated carbocycles. The molecule has 2 aromatic rings. The average Bonchev–Trinajstić information content (AvgIpc) is 2.94. The van der Waals surface area contributed by atoms with Gasteiger partial charge in [0.1, 0.15) is 6.61 Å². The first-order valence-electron chi connectivity index (χ1n) is 6.30. The highest BCUT2D eigenvalue weighted by Crippen LogP contribution is 2.36. The average molecular weight is 235 g/mol. The Hall–Kier alpha value is -2.09. The van der Waals surface area contributed by atoms with Crippen molar-refractivity contribution < 1.29 is 4.74 Å². The second-order valence-electron chi connectivity index (χ2n) is 4.70. The monoisotopic (exact) mass is 235 g/mol. The van der Waals surface area contributed by atoms with E-state index >= 15 is 0 Å². The van der Waals surface area contributed by atoms with E-state index in [1.54, 1.807) is 0 Å². The first-order valence-corrected chi connectivity index (χ1v) is 6.30. The zero-order valence-corrected chi connectivity index (χ0v) is 9.97. The number of hydrogen-bond donors (Lipinski definition) is 0. The predicted molar refractivity (Wildman–Crippen MR) is 74.0 cm³/mol. The van der Waals surface area contributed by atoms with Gasteiger partial charge in [0.2, 0.25) is 0 Å². The van der Waals surface area contributed by atoms with E-state index < -0.39 is 0 Å². The van der Waals surface area contributed by atoms with Gasteiger partial charge in [-0.1, -0.05) is 48.6 Å². The van der Waals surface area contributed by atoms with Crippen molar-refractivity contribution in [2.24, 2.45) is 4.99 Å². The predicted octanol–water partition coefficient (Wildman–Crippen LogP) is 3.38. The molecule has 0 saturated heterocycles.